The van der Waals surface area contributed by atoms with Crippen molar-refractivity contribution in [2.24, 2.45) is 0 Å². The molecule has 0 bridgehead atoms. The van der Waals surface area contributed by atoms with Gasteiger partial charge >= 0.3 is 5.97 Å². The van der Waals surface area contributed by atoms with E-state index in [1.54, 1.807) is 6.07 Å². The molecule has 0 radical (unpaired) electrons. The average Bonchev–Trinajstić information content (AvgIpc) is 2.88. The van der Waals surface area contributed by atoms with Crippen molar-refractivity contribution in [1.29, 1.82) is 0 Å². The zero-order chi connectivity index (χ0) is 13.1. The van der Waals surface area contributed by atoms with E-state index in [4.69, 9.17) is 5.11 Å². The van der Waals surface area contributed by atoms with E-state index in [9.17, 15) is 4.79 Å². The van der Waals surface area contributed by atoms with Gasteiger partial charge in [-0.2, -0.15) is 0 Å². The third kappa shape index (κ3) is 2.54. The third-order valence-corrected chi connectivity index (χ3v) is 3.82. The number of carboxylic acid groups (broad SMARTS) is 1. The minimum Gasteiger partial charge on any atom is -0.477 e. The molecule has 0 saturated carbocycles. The molecule has 1 heterocycles. The summed E-state index contributed by atoms with van der Waals surface area (Å²) in [6, 6.07) is 9.99. The first-order valence-electron chi connectivity index (χ1n) is 5.76. The van der Waals surface area contributed by atoms with Crippen LogP contribution in [-0.2, 0) is 6.42 Å². The summed E-state index contributed by atoms with van der Waals surface area (Å²) in [5.74, 6) is -0.874. The summed E-state index contributed by atoms with van der Waals surface area (Å²) in [6.07, 6.45) is 1.02. The normalized spacial score (nSPS) is 10.3. The number of benzene rings is 1. The van der Waals surface area contributed by atoms with Crippen LogP contribution in [0.4, 0.5) is 11.4 Å². The molecule has 3 nitrogen and oxygen atoms in total. The second kappa shape index (κ2) is 5.23. The van der Waals surface area contributed by atoms with Crippen molar-refractivity contribution < 1.29 is 9.90 Å². The summed E-state index contributed by atoms with van der Waals surface area (Å²) in [5, 5.41) is 10.8. The maximum absolute atomic E-state index is 10.8. The summed E-state index contributed by atoms with van der Waals surface area (Å²) in [6.45, 7) is 2.12. The fourth-order valence-corrected chi connectivity index (χ4v) is 2.48. The molecule has 1 N–H and O–H groups in total. The van der Waals surface area contributed by atoms with Gasteiger partial charge in [0.1, 0.15) is 4.88 Å². The Morgan fingerprint density at radius 1 is 1.28 bits per heavy atom. The monoisotopic (exact) mass is 261 g/mol. The van der Waals surface area contributed by atoms with Gasteiger partial charge in [0.2, 0.25) is 0 Å². The van der Waals surface area contributed by atoms with Gasteiger partial charge < -0.3 is 10.0 Å². The number of hydrogen-bond acceptors (Lipinski definition) is 3. The predicted octanol–water partition coefficient (Wildman–Crippen LogP) is 3.78. The van der Waals surface area contributed by atoms with Crippen LogP contribution >= 0.6 is 11.3 Å². The Morgan fingerprint density at radius 3 is 2.44 bits per heavy atom. The molecule has 0 aliphatic carbocycles. The lowest BCUT2D eigenvalue weighted by Gasteiger charge is -2.17. The van der Waals surface area contributed by atoms with Gasteiger partial charge in [-0.1, -0.05) is 19.1 Å². The highest BCUT2D eigenvalue weighted by Gasteiger charge is 2.10. The molecule has 2 aromatic rings. The van der Waals surface area contributed by atoms with Gasteiger partial charge in [0.15, 0.2) is 0 Å². The zero-order valence-corrected chi connectivity index (χ0v) is 11.2. The van der Waals surface area contributed by atoms with Crippen LogP contribution in [0.2, 0.25) is 0 Å². The molecule has 2 rings (SSSR count). The van der Waals surface area contributed by atoms with Crippen LogP contribution in [0.1, 0.15) is 22.2 Å². The Balaban J connectivity index is 2.23. The number of rotatable bonds is 4. The number of carbonyl (C=O) groups is 1. The van der Waals surface area contributed by atoms with Crippen molar-refractivity contribution in [2.75, 3.05) is 11.9 Å². The summed E-state index contributed by atoms with van der Waals surface area (Å²) < 4.78 is 0. The molecule has 1 aromatic heterocycles. The molecular formula is C14H15NO2S. The molecule has 94 valence electrons. The van der Waals surface area contributed by atoms with Crippen molar-refractivity contribution in [1.82, 2.24) is 0 Å². The maximum Gasteiger partial charge on any atom is 0.345 e. The van der Waals surface area contributed by atoms with Gasteiger partial charge in [0.05, 0.1) is 5.69 Å². The average molecular weight is 261 g/mol. The highest BCUT2D eigenvalue weighted by molar-refractivity contribution is 7.12. The maximum atomic E-state index is 10.8. The largest absolute Gasteiger partial charge is 0.477 e. The first-order chi connectivity index (χ1) is 8.61. The molecule has 1 aromatic carbocycles. The SMILES string of the molecule is CCc1ccc(N(C)c2csc(C(=O)O)c2)cc1. The summed E-state index contributed by atoms with van der Waals surface area (Å²) in [4.78, 5) is 13.2. The predicted molar refractivity (Wildman–Crippen MR) is 75.2 cm³/mol. The van der Waals surface area contributed by atoms with E-state index in [1.807, 2.05) is 17.3 Å². The second-order valence-corrected chi connectivity index (χ2v) is 4.96. The van der Waals surface area contributed by atoms with Gasteiger partial charge in [-0.05, 0) is 30.2 Å². The van der Waals surface area contributed by atoms with Crippen LogP contribution < -0.4 is 4.90 Å². The van der Waals surface area contributed by atoms with Crippen molar-refractivity contribution in [3.63, 3.8) is 0 Å². The van der Waals surface area contributed by atoms with Crippen LogP contribution in [0.15, 0.2) is 35.7 Å². The van der Waals surface area contributed by atoms with Gasteiger partial charge in [0.25, 0.3) is 0 Å². The lowest BCUT2D eigenvalue weighted by atomic mass is 10.1. The van der Waals surface area contributed by atoms with Crippen molar-refractivity contribution in [3.05, 3.63) is 46.2 Å². The molecule has 0 spiro atoms. The van der Waals surface area contributed by atoms with Crippen LogP contribution in [0.5, 0.6) is 0 Å². The smallest absolute Gasteiger partial charge is 0.345 e. The molecule has 0 saturated heterocycles. The Labute approximate surface area is 110 Å². The quantitative estimate of drug-likeness (QED) is 0.910. The van der Waals surface area contributed by atoms with Gasteiger partial charge in [-0.25, -0.2) is 4.79 Å². The Hall–Kier alpha value is -1.81. The number of carboxylic acids is 1. The lowest BCUT2D eigenvalue weighted by Crippen LogP contribution is -2.08. The van der Waals surface area contributed by atoms with Crippen LogP contribution in [0.25, 0.3) is 0 Å². The number of aromatic carboxylic acids is 1. The number of thiophene rings is 1. The Bertz CT molecular complexity index is 545. The van der Waals surface area contributed by atoms with Gasteiger partial charge in [-0.15, -0.1) is 11.3 Å². The van der Waals surface area contributed by atoms with E-state index >= 15 is 0 Å². The van der Waals surface area contributed by atoms with E-state index in [2.05, 4.69) is 31.2 Å². The van der Waals surface area contributed by atoms with E-state index < -0.39 is 5.97 Å². The zero-order valence-electron chi connectivity index (χ0n) is 10.4. The van der Waals surface area contributed by atoms with Gasteiger partial charge in [0, 0.05) is 18.1 Å². The highest BCUT2D eigenvalue weighted by atomic mass is 32.1. The van der Waals surface area contributed by atoms with E-state index in [1.165, 1.54) is 16.9 Å². The molecule has 0 unspecified atom stereocenters. The molecule has 0 amide bonds. The number of hydrogen-bond donors (Lipinski definition) is 1. The van der Waals surface area contributed by atoms with E-state index in [-0.39, 0.29) is 0 Å². The number of anilines is 2. The molecule has 4 heteroatoms. The second-order valence-electron chi connectivity index (χ2n) is 4.05. The fraction of sp³-hybridized carbons (Fsp3) is 0.214. The first kappa shape index (κ1) is 12.6. The third-order valence-electron chi connectivity index (χ3n) is 2.92. The van der Waals surface area contributed by atoms with Crippen molar-refractivity contribution in [3.8, 4) is 0 Å². The molecular weight excluding hydrogens is 246 g/mol. The number of nitrogens with zero attached hydrogens (tertiary/aromatic N) is 1. The van der Waals surface area contributed by atoms with Crippen LogP contribution in [0, 0.1) is 0 Å². The molecule has 0 aliphatic rings. The topological polar surface area (TPSA) is 40.5 Å². The van der Waals surface area contributed by atoms with E-state index in [0.29, 0.717) is 4.88 Å². The minimum atomic E-state index is -0.874. The van der Waals surface area contributed by atoms with Crippen LogP contribution in [0.3, 0.4) is 0 Å². The van der Waals surface area contributed by atoms with Crippen molar-refractivity contribution in [2.45, 2.75) is 13.3 Å². The van der Waals surface area contributed by atoms with Crippen molar-refractivity contribution >= 4 is 28.7 Å². The minimum absolute atomic E-state index is 0.363. The van der Waals surface area contributed by atoms with E-state index in [0.717, 1.165) is 17.8 Å². The summed E-state index contributed by atoms with van der Waals surface area (Å²) in [7, 11) is 1.94. The fourth-order valence-electron chi connectivity index (χ4n) is 1.72. The standard InChI is InChI=1S/C14H15NO2S/c1-3-10-4-6-11(7-5-10)15(2)12-8-13(14(16)17)18-9-12/h4-9H,3H2,1-2H3,(H,16,17). The first-order valence-corrected chi connectivity index (χ1v) is 6.64. The van der Waals surface area contributed by atoms with Crippen LogP contribution in [-0.4, -0.2) is 18.1 Å². The summed E-state index contributed by atoms with van der Waals surface area (Å²) >= 11 is 1.25. The molecule has 18 heavy (non-hydrogen) atoms. The summed E-state index contributed by atoms with van der Waals surface area (Å²) in [5.41, 5.74) is 3.26. The molecule has 0 fully saturated rings. The molecule has 0 aliphatic heterocycles. The Kier molecular flexibility index (Phi) is 3.67. The van der Waals surface area contributed by atoms with Gasteiger partial charge in [-0.3, -0.25) is 0 Å². The lowest BCUT2D eigenvalue weighted by molar-refractivity contribution is 0.0702. The number of aryl methyl sites for hydroxylation is 1. The highest BCUT2D eigenvalue weighted by Crippen LogP contribution is 2.28. The molecule has 0 atom stereocenters. The Morgan fingerprint density at radius 2 is 1.94 bits per heavy atom.